The third-order valence-electron chi connectivity index (χ3n) is 4.44. The molecule has 0 amide bonds. The fourth-order valence-corrected chi connectivity index (χ4v) is 3.21. The Morgan fingerprint density at radius 1 is 0.871 bits per heavy atom. The third kappa shape index (κ3) is 4.99. The quantitative estimate of drug-likeness (QED) is 0.213. The highest BCUT2D eigenvalue weighted by molar-refractivity contribution is 9.10. The predicted octanol–water partition coefficient (Wildman–Crippen LogP) is 5.93. The molecule has 152 valence electrons. The van der Waals surface area contributed by atoms with Crippen LogP contribution in [0, 0.1) is 10.1 Å². The van der Waals surface area contributed by atoms with E-state index in [1.54, 1.807) is 18.2 Å². The largest absolute Gasteiger partial charge is 0.278 e. The van der Waals surface area contributed by atoms with Crippen LogP contribution in [0.4, 0.5) is 11.6 Å². The molecule has 4 aromatic rings. The molecule has 0 aliphatic rings. The van der Waals surface area contributed by atoms with Crippen molar-refractivity contribution in [2.75, 3.05) is 5.43 Å². The lowest BCUT2D eigenvalue weighted by atomic mass is 10.1. The highest BCUT2D eigenvalue weighted by Gasteiger charge is 2.11. The molecule has 8 heteroatoms. The van der Waals surface area contributed by atoms with Gasteiger partial charge in [-0.15, -0.1) is 0 Å². The van der Waals surface area contributed by atoms with Crippen molar-refractivity contribution >= 4 is 33.8 Å². The zero-order valence-electron chi connectivity index (χ0n) is 16.1. The number of nitro groups is 1. The maximum absolute atomic E-state index is 11.2. The minimum atomic E-state index is -0.445. The Morgan fingerprint density at radius 3 is 2.16 bits per heavy atom. The van der Waals surface area contributed by atoms with E-state index in [-0.39, 0.29) is 11.6 Å². The van der Waals surface area contributed by atoms with Crippen LogP contribution in [-0.2, 0) is 0 Å². The monoisotopic (exact) mass is 473 g/mol. The first kappa shape index (κ1) is 20.4. The van der Waals surface area contributed by atoms with Crippen LogP contribution < -0.4 is 5.43 Å². The summed E-state index contributed by atoms with van der Waals surface area (Å²) in [4.78, 5) is 19.9. The number of nitrogens with zero attached hydrogens (tertiary/aromatic N) is 4. The van der Waals surface area contributed by atoms with Gasteiger partial charge >= 0.3 is 0 Å². The van der Waals surface area contributed by atoms with Crippen LogP contribution in [0.1, 0.15) is 5.56 Å². The molecular weight excluding hydrogens is 458 g/mol. The number of hydrazone groups is 1. The van der Waals surface area contributed by atoms with Crippen LogP contribution in [0.2, 0.25) is 0 Å². The first-order valence-corrected chi connectivity index (χ1v) is 10.1. The normalized spacial score (nSPS) is 10.9. The molecule has 0 saturated heterocycles. The average molecular weight is 474 g/mol. The summed E-state index contributed by atoms with van der Waals surface area (Å²) in [6.45, 7) is 0. The molecule has 3 aromatic carbocycles. The lowest BCUT2D eigenvalue weighted by Gasteiger charge is -2.08. The smallest absolute Gasteiger partial charge is 0.258 e. The number of halogens is 1. The van der Waals surface area contributed by atoms with Gasteiger partial charge in [0.2, 0.25) is 5.95 Å². The first-order chi connectivity index (χ1) is 15.1. The van der Waals surface area contributed by atoms with E-state index in [4.69, 9.17) is 0 Å². The van der Waals surface area contributed by atoms with Gasteiger partial charge in [0.1, 0.15) is 0 Å². The Balaban J connectivity index is 1.69. The minimum Gasteiger partial charge on any atom is -0.258 e. The van der Waals surface area contributed by atoms with Gasteiger partial charge in [-0.2, -0.15) is 5.10 Å². The summed E-state index contributed by atoms with van der Waals surface area (Å²) < 4.78 is 0.973. The van der Waals surface area contributed by atoms with Gasteiger partial charge in [0, 0.05) is 21.7 Å². The molecule has 0 radical (unpaired) electrons. The SMILES string of the molecule is O=[N+]([O-])c1ccccc1/C=N\Nc1nc(-c2ccccc2)cc(-c2ccc(Br)cc2)n1. The van der Waals surface area contributed by atoms with Gasteiger partial charge in [0.15, 0.2) is 0 Å². The number of aromatic nitrogens is 2. The number of anilines is 1. The molecule has 1 aromatic heterocycles. The summed E-state index contributed by atoms with van der Waals surface area (Å²) in [5.74, 6) is 0.286. The van der Waals surface area contributed by atoms with Crippen LogP contribution >= 0.6 is 15.9 Å². The van der Waals surface area contributed by atoms with Crippen LogP contribution in [0.5, 0.6) is 0 Å². The van der Waals surface area contributed by atoms with E-state index in [0.717, 1.165) is 27.0 Å². The zero-order valence-corrected chi connectivity index (χ0v) is 17.7. The van der Waals surface area contributed by atoms with Gasteiger partial charge in [-0.05, 0) is 24.3 Å². The van der Waals surface area contributed by atoms with Gasteiger partial charge in [-0.25, -0.2) is 15.4 Å². The Labute approximate surface area is 186 Å². The van der Waals surface area contributed by atoms with Crippen LogP contribution in [-0.4, -0.2) is 21.1 Å². The molecule has 31 heavy (non-hydrogen) atoms. The van der Waals surface area contributed by atoms with Gasteiger partial charge < -0.3 is 0 Å². The van der Waals surface area contributed by atoms with Gasteiger partial charge in [0.25, 0.3) is 5.69 Å². The summed E-state index contributed by atoms with van der Waals surface area (Å²) in [5.41, 5.74) is 6.49. The van der Waals surface area contributed by atoms with Crippen molar-refractivity contribution in [3.05, 3.63) is 105 Å². The molecule has 0 fully saturated rings. The molecule has 0 atom stereocenters. The molecule has 0 bridgehead atoms. The number of benzene rings is 3. The minimum absolute atomic E-state index is 0.0254. The number of rotatable bonds is 6. The van der Waals surface area contributed by atoms with E-state index in [9.17, 15) is 10.1 Å². The standard InChI is InChI=1S/C23H16BrN5O2/c24-19-12-10-17(11-13-19)21-14-20(16-6-2-1-3-7-16)26-23(27-21)28-25-15-18-8-4-5-9-22(18)29(30)31/h1-15H,(H,26,27,28)/b25-15-. The predicted molar refractivity (Wildman–Crippen MR) is 125 cm³/mol. The van der Waals surface area contributed by atoms with Crippen molar-refractivity contribution in [2.24, 2.45) is 5.10 Å². The Kier molecular flexibility index (Phi) is 6.09. The highest BCUT2D eigenvalue weighted by atomic mass is 79.9. The van der Waals surface area contributed by atoms with Crippen LogP contribution in [0.25, 0.3) is 22.5 Å². The van der Waals surface area contributed by atoms with E-state index in [2.05, 4.69) is 36.4 Å². The van der Waals surface area contributed by atoms with Crippen molar-refractivity contribution in [1.29, 1.82) is 0 Å². The molecule has 7 nitrogen and oxygen atoms in total. The maximum Gasteiger partial charge on any atom is 0.278 e. The Bertz CT molecular complexity index is 1240. The second kappa shape index (κ2) is 9.27. The van der Waals surface area contributed by atoms with Crippen molar-refractivity contribution in [3.8, 4) is 22.5 Å². The van der Waals surface area contributed by atoms with E-state index < -0.39 is 4.92 Å². The zero-order chi connectivity index (χ0) is 21.6. The second-order valence-electron chi connectivity index (χ2n) is 6.52. The van der Waals surface area contributed by atoms with Gasteiger partial charge in [0.05, 0.1) is 28.1 Å². The fourth-order valence-electron chi connectivity index (χ4n) is 2.95. The van der Waals surface area contributed by atoms with Crippen molar-refractivity contribution in [1.82, 2.24) is 9.97 Å². The molecule has 4 rings (SSSR count). The first-order valence-electron chi connectivity index (χ1n) is 9.33. The highest BCUT2D eigenvalue weighted by Crippen LogP contribution is 2.26. The summed E-state index contributed by atoms with van der Waals surface area (Å²) in [6.07, 6.45) is 1.38. The number of para-hydroxylation sites is 1. The second-order valence-corrected chi connectivity index (χ2v) is 7.44. The van der Waals surface area contributed by atoms with E-state index in [1.807, 2.05) is 60.7 Å². The van der Waals surface area contributed by atoms with Crippen molar-refractivity contribution in [2.45, 2.75) is 0 Å². The van der Waals surface area contributed by atoms with Gasteiger partial charge in [-0.3, -0.25) is 10.1 Å². The molecule has 0 spiro atoms. The summed E-state index contributed by atoms with van der Waals surface area (Å²) in [6, 6.07) is 25.9. The molecule has 0 aliphatic heterocycles. The van der Waals surface area contributed by atoms with Crippen molar-refractivity contribution in [3.63, 3.8) is 0 Å². The lowest BCUT2D eigenvalue weighted by Crippen LogP contribution is -2.01. The molecule has 1 heterocycles. The average Bonchev–Trinajstić information content (AvgIpc) is 2.80. The van der Waals surface area contributed by atoms with E-state index in [1.165, 1.54) is 12.3 Å². The maximum atomic E-state index is 11.2. The third-order valence-corrected chi connectivity index (χ3v) is 4.97. The van der Waals surface area contributed by atoms with E-state index >= 15 is 0 Å². The molecule has 1 N–H and O–H groups in total. The van der Waals surface area contributed by atoms with Crippen LogP contribution in [0.15, 0.2) is 94.5 Å². The number of hydrogen-bond acceptors (Lipinski definition) is 6. The van der Waals surface area contributed by atoms with E-state index in [0.29, 0.717) is 5.56 Å². The number of nitro benzene ring substituents is 1. The van der Waals surface area contributed by atoms with Crippen molar-refractivity contribution < 1.29 is 4.92 Å². The Morgan fingerprint density at radius 2 is 1.48 bits per heavy atom. The molecular formula is C23H16BrN5O2. The molecule has 0 aliphatic carbocycles. The number of hydrogen-bond donors (Lipinski definition) is 1. The van der Waals surface area contributed by atoms with Crippen LogP contribution in [0.3, 0.4) is 0 Å². The number of nitrogens with one attached hydrogen (secondary N) is 1. The van der Waals surface area contributed by atoms with Gasteiger partial charge in [-0.1, -0.05) is 70.5 Å². The summed E-state index contributed by atoms with van der Waals surface area (Å²) in [5, 5.41) is 15.3. The topological polar surface area (TPSA) is 93.3 Å². The summed E-state index contributed by atoms with van der Waals surface area (Å²) >= 11 is 3.44. The molecule has 0 saturated carbocycles. The fraction of sp³-hybridized carbons (Fsp3) is 0. The lowest BCUT2D eigenvalue weighted by molar-refractivity contribution is -0.385. The summed E-state index contributed by atoms with van der Waals surface area (Å²) in [7, 11) is 0. The Hall–Kier alpha value is -3.91. The molecule has 0 unspecified atom stereocenters.